The normalized spacial score (nSPS) is 22.1. The molecule has 6 nitrogen and oxygen atoms in total. The molecule has 0 aliphatic carbocycles. The summed E-state index contributed by atoms with van der Waals surface area (Å²) >= 11 is 0. The van der Waals surface area contributed by atoms with E-state index in [0.717, 1.165) is 0 Å². The van der Waals surface area contributed by atoms with E-state index in [1.54, 1.807) is 26.0 Å². The lowest BCUT2D eigenvalue weighted by Gasteiger charge is -2.26. The Labute approximate surface area is 116 Å². The number of ether oxygens (including phenoxy) is 1. The monoisotopic (exact) mass is 273 g/mol. The standard InChI is InChI=1S/C14H15N3O3/c1-3-19-14(18)11-8(2)17-13(16)9(7-15)12(11)10-5-4-6-20-10/h4-6,9,12H,3H2,1-2H3,(H2,16,17)/t9?,12-/m1/s1. The lowest BCUT2D eigenvalue weighted by atomic mass is 9.81. The second-order valence-electron chi connectivity index (χ2n) is 4.36. The third-order valence-electron chi connectivity index (χ3n) is 3.13. The number of aliphatic imine (C=N–C) groups is 1. The topological polar surface area (TPSA) is 102 Å². The number of rotatable bonds is 3. The number of amidine groups is 1. The Kier molecular flexibility index (Phi) is 3.89. The molecule has 2 heterocycles. The summed E-state index contributed by atoms with van der Waals surface area (Å²) in [6.07, 6.45) is 1.49. The van der Waals surface area contributed by atoms with Crippen LogP contribution in [0.2, 0.25) is 0 Å². The van der Waals surface area contributed by atoms with Crippen LogP contribution in [0.1, 0.15) is 25.5 Å². The van der Waals surface area contributed by atoms with Crippen LogP contribution in [0.5, 0.6) is 0 Å². The van der Waals surface area contributed by atoms with E-state index in [0.29, 0.717) is 17.0 Å². The second-order valence-corrected chi connectivity index (χ2v) is 4.36. The van der Waals surface area contributed by atoms with Crippen LogP contribution in [-0.4, -0.2) is 18.4 Å². The van der Waals surface area contributed by atoms with Gasteiger partial charge >= 0.3 is 5.97 Å². The summed E-state index contributed by atoms with van der Waals surface area (Å²) < 4.78 is 10.4. The number of carbonyl (C=O) groups excluding carboxylic acids is 1. The van der Waals surface area contributed by atoms with Crippen LogP contribution < -0.4 is 5.73 Å². The first-order chi connectivity index (χ1) is 9.60. The predicted octanol–water partition coefficient (Wildman–Crippen LogP) is 1.71. The zero-order chi connectivity index (χ0) is 14.7. The van der Waals surface area contributed by atoms with Crippen LogP contribution in [0.4, 0.5) is 0 Å². The van der Waals surface area contributed by atoms with Crippen molar-refractivity contribution >= 4 is 11.8 Å². The van der Waals surface area contributed by atoms with Gasteiger partial charge in [0.15, 0.2) is 0 Å². The van der Waals surface area contributed by atoms with Gasteiger partial charge < -0.3 is 14.9 Å². The predicted molar refractivity (Wildman–Crippen MR) is 71.5 cm³/mol. The number of nitrogens with two attached hydrogens (primary N) is 1. The van der Waals surface area contributed by atoms with E-state index >= 15 is 0 Å². The van der Waals surface area contributed by atoms with Gasteiger partial charge in [-0.15, -0.1) is 0 Å². The second kappa shape index (κ2) is 5.61. The highest BCUT2D eigenvalue weighted by Gasteiger charge is 2.40. The van der Waals surface area contributed by atoms with Gasteiger partial charge in [-0.25, -0.2) is 9.79 Å². The van der Waals surface area contributed by atoms with E-state index in [1.165, 1.54) is 6.26 Å². The molecular weight excluding hydrogens is 258 g/mol. The van der Waals surface area contributed by atoms with Crippen molar-refractivity contribution in [2.24, 2.45) is 16.6 Å². The molecule has 2 N–H and O–H groups in total. The third kappa shape index (κ3) is 2.30. The van der Waals surface area contributed by atoms with Gasteiger partial charge in [-0.05, 0) is 26.0 Å². The average molecular weight is 273 g/mol. The maximum absolute atomic E-state index is 12.1. The number of furan rings is 1. The highest BCUT2D eigenvalue weighted by molar-refractivity contribution is 5.97. The largest absolute Gasteiger partial charge is 0.469 e. The van der Waals surface area contributed by atoms with Crippen molar-refractivity contribution in [3.63, 3.8) is 0 Å². The average Bonchev–Trinajstić information content (AvgIpc) is 2.91. The van der Waals surface area contributed by atoms with Gasteiger partial charge in [-0.1, -0.05) is 0 Å². The van der Waals surface area contributed by atoms with E-state index in [1.807, 2.05) is 0 Å². The molecule has 104 valence electrons. The van der Waals surface area contributed by atoms with Crippen LogP contribution in [0, 0.1) is 17.2 Å². The van der Waals surface area contributed by atoms with Crippen molar-refractivity contribution in [1.82, 2.24) is 0 Å². The quantitative estimate of drug-likeness (QED) is 0.845. The van der Waals surface area contributed by atoms with E-state index < -0.39 is 17.8 Å². The number of hydrogen-bond acceptors (Lipinski definition) is 6. The molecule has 2 rings (SSSR count). The van der Waals surface area contributed by atoms with Crippen LogP contribution in [0.3, 0.4) is 0 Å². The fraction of sp³-hybridized carbons (Fsp3) is 0.357. The lowest BCUT2D eigenvalue weighted by Crippen LogP contribution is -2.34. The maximum atomic E-state index is 12.1. The molecule has 0 saturated carbocycles. The van der Waals surface area contributed by atoms with Crippen molar-refractivity contribution in [2.75, 3.05) is 6.61 Å². The Morgan fingerprint density at radius 1 is 1.65 bits per heavy atom. The Bertz CT molecular complexity index is 608. The summed E-state index contributed by atoms with van der Waals surface area (Å²) in [5.41, 5.74) is 6.59. The van der Waals surface area contributed by atoms with Gasteiger partial charge in [0.1, 0.15) is 17.5 Å². The number of nitriles is 1. The molecular formula is C14H15N3O3. The van der Waals surface area contributed by atoms with Crippen molar-refractivity contribution in [3.05, 3.63) is 35.4 Å². The van der Waals surface area contributed by atoms with Crippen molar-refractivity contribution in [3.8, 4) is 6.07 Å². The number of allylic oxidation sites excluding steroid dienone is 1. The van der Waals surface area contributed by atoms with Crippen LogP contribution >= 0.6 is 0 Å². The summed E-state index contributed by atoms with van der Waals surface area (Å²) in [5, 5.41) is 9.32. The van der Waals surface area contributed by atoms with Crippen LogP contribution in [0.25, 0.3) is 0 Å². The molecule has 1 aromatic heterocycles. The molecule has 0 bridgehead atoms. The van der Waals surface area contributed by atoms with Gasteiger partial charge in [0.25, 0.3) is 0 Å². The van der Waals surface area contributed by atoms with Crippen molar-refractivity contribution in [1.29, 1.82) is 5.26 Å². The molecule has 1 aromatic rings. The first-order valence-electron chi connectivity index (χ1n) is 6.25. The molecule has 1 aliphatic heterocycles. The summed E-state index contributed by atoms with van der Waals surface area (Å²) in [7, 11) is 0. The van der Waals surface area contributed by atoms with E-state index in [-0.39, 0.29) is 12.4 Å². The van der Waals surface area contributed by atoms with Crippen LogP contribution in [0.15, 0.2) is 39.1 Å². The molecule has 0 amide bonds. The van der Waals surface area contributed by atoms with E-state index in [4.69, 9.17) is 14.9 Å². The highest BCUT2D eigenvalue weighted by atomic mass is 16.5. The van der Waals surface area contributed by atoms with Gasteiger partial charge in [-0.3, -0.25) is 0 Å². The molecule has 6 heteroatoms. The molecule has 20 heavy (non-hydrogen) atoms. The minimum Gasteiger partial charge on any atom is -0.469 e. The Morgan fingerprint density at radius 2 is 2.40 bits per heavy atom. The van der Waals surface area contributed by atoms with Crippen LogP contribution in [-0.2, 0) is 9.53 Å². The SMILES string of the molecule is CCOC(=O)C1=C(C)N=C(N)C(C#N)[C@@H]1c1ccco1. The highest BCUT2D eigenvalue weighted by Crippen LogP contribution is 2.38. The molecule has 0 aromatic carbocycles. The summed E-state index contributed by atoms with van der Waals surface area (Å²) in [4.78, 5) is 16.2. The number of nitrogens with zero attached hydrogens (tertiary/aromatic N) is 2. The number of carbonyl (C=O) groups is 1. The Balaban J connectivity index is 2.55. The summed E-state index contributed by atoms with van der Waals surface area (Å²) in [6.45, 7) is 3.64. The summed E-state index contributed by atoms with van der Waals surface area (Å²) in [5.74, 6) is -1.16. The smallest absolute Gasteiger partial charge is 0.336 e. The van der Waals surface area contributed by atoms with Gasteiger partial charge in [-0.2, -0.15) is 5.26 Å². The minimum atomic E-state index is -0.746. The van der Waals surface area contributed by atoms with E-state index in [9.17, 15) is 10.1 Å². The fourth-order valence-electron chi connectivity index (χ4n) is 2.28. The summed E-state index contributed by atoms with van der Waals surface area (Å²) in [6, 6.07) is 5.49. The zero-order valence-electron chi connectivity index (χ0n) is 11.3. The molecule has 0 spiro atoms. The Hall–Kier alpha value is -2.55. The first-order valence-corrected chi connectivity index (χ1v) is 6.25. The molecule has 1 aliphatic rings. The van der Waals surface area contributed by atoms with Gasteiger partial charge in [0.2, 0.25) is 0 Å². The van der Waals surface area contributed by atoms with Gasteiger partial charge in [0.05, 0.1) is 36.1 Å². The zero-order valence-corrected chi connectivity index (χ0v) is 11.3. The van der Waals surface area contributed by atoms with Crippen molar-refractivity contribution < 1.29 is 13.9 Å². The fourth-order valence-corrected chi connectivity index (χ4v) is 2.28. The first kappa shape index (κ1) is 13.9. The number of hydrogen-bond donors (Lipinski definition) is 1. The molecule has 1 unspecified atom stereocenters. The molecule has 0 fully saturated rings. The number of esters is 1. The Morgan fingerprint density at radius 3 is 2.95 bits per heavy atom. The molecule has 0 radical (unpaired) electrons. The van der Waals surface area contributed by atoms with Gasteiger partial charge in [0, 0.05) is 0 Å². The minimum absolute atomic E-state index is 0.180. The molecule has 0 saturated heterocycles. The van der Waals surface area contributed by atoms with E-state index in [2.05, 4.69) is 11.1 Å². The molecule has 2 atom stereocenters. The van der Waals surface area contributed by atoms with Crippen molar-refractivity contribution in [2.45, 2.75) is 19.8 Å². The maximum Gasteiger partial charge on any atom is 0.336 e. The lowest BCUT2D eigenvalue weighted by molar-refractivity contribution is -0.139. The third-order valence-corrected chi connectivity index (χ3v) is 3.13.